The number of amides is 2. The van der Waals surface area contributed by atoms with E-state index in [0.29, 0.717) is 22.5 Å². The lowest BCUT2D eigenvalue weighted by molar-refractivity contribution is -0.136. The highest BCUT2D eigenvalue weighted by atomic mass is 16.4. The van der Waals surface area contributed by atoms with Gasteiger partial charge in [0.2, 0.25) is 5.91 Å². The molecule has 7 nitrogen and oxygen atoms in total. The number of hydrogen-bond donors (Lipinski definition) is 2. The summed E-state index contributed by atoms with van der Waals surface area (Å²) in [6.45, 7) is 1.42. The standard InChI is InChI=1S/C20H18N2O5/c1-12(23)14-3-2-4-16(10-14)22-18(24)11-17(20(22)27)21-15-7-5-13(6-8-15)9-19(25)26/h2-8,10,17,21H,9,11H2,1H3,(H,25,26)/t17-/m0/s1. The van der Waals surface area contributed by atoms with Gasteiger partial charge < -0.3 is 10.4 Å². The molecule has 0 aromatic heterocycles. The van der Waals surface area contributed by atoms with Crippen molar-refractivity contribution in [1.29, 1.82) is 0 Å². The highest BCUT2D eigenvalue weighted by Gasteiger charge is 2.39. The van der Waals surface area contributed by atoms with Crippen molar-refractivity contribution < 1.29 is 24.3 Å². The minimum atomic E-state index is -0.921. The van der Waals surface area contributed by atoms with E-state index in [0.717, 1.165) is 4.90 Å². The van der Waals surface area contributed by atoms with Crippen molar-refractivity contribution in [2.24, 2.45) is 0 Å². The second-order valence-corrected chi connectivity index (χ2v) is 6.34. The zero-order chi connectivity index (χ0) is 19.6. The summed E-state index contributed by atoms with van der Waals surface area (Å²) in [5, 5.41) is 11.8. The minimum absolute atomic E-state index is 0.00000966. The Morgan fingerprint density at radius 2 is 1.85 bits per heavy atom. The molecule has 27 heavy (non-hydrogen) atoms. The van der Waals surface area contributed by atoms with Crippen LogP contribution in [0.4, 0.5) is 11.4 Å². The van der Waals surface area contributed by atoms with Gasteiger partial charge in [-0.1, -0.05) is 24.3 Å². The molecule has 1 fully saturated rings. The Morgan fingerprint density at radius 3 is 2.48 bits per heavy atom. The molecular formula is C20H18N2O5. The van der Waals surface area contributed by atoms with Crippen LogP contribution in [0.1, 0.15) is 29.3 Å². The maximum atomic E-state index is 12.7. The third-order valence-corrected chi connectivity index (χ3v) is 4.31. The molecule has 0 radical (unpaired) electrons. The number of anilines is 2. The highest BCUT2D eigenvalue weighted by Crippen LogP contribution is 2.26. The van der Waals surface area contributed by atoms with Gasteiger partial charge in [0.05, 0.1) is 18.5 Å². The smallest absolute Gasteiger partial charge is 0.307 e. The molecule has 0 unspecified atom stereocenters. The molecule has 0 bridgehead atoms. The number of carbonyl (C=O) groups is 4. The Bertz CT molecular complexity index is 920. The molecule has 0 aliphatic carbocycles. The lowest BCUT2D eigenvalue weighted by Gasteiger charge is -2.16. The largest absolute Gasteiger partial charge is 0.481 e. The normalized spacial score (nSPS) is 16.5. The van der Waals surface area contributed by atoms with E-state index < -0.39 is 17.9 Å². The first-order valence-electron chi connectivity index (χ1n) is 8.40. The maximum absolute atomic E-state index is 12.7. The predicted molar refractivity (Wildman–Crippen MR) is 98.7 cm³/mol. The summed E-state index contributed by atoms with van der Waals surface area (Å²) in [6, 6.07) is 12.4. The Kier molecular flexibility index (Phi) is 5.03. The second-order valence-electron chi connectivity index (χ2n) is 6.34. The van der Waals surface area contributed by atoms with Crippen molar-refractivity contribution in [3.05, 3.63) is 59.7 Å². The van der Waals surface area contributed by atoms with E-state index in [4.69, 9.17) is 5.11 Å². The molecule has 3 rings (SSSR count). The average molecular weight is 366 g/mol. The van der Waals surface area contributed by atoms with Gasteiger partial charge in [-0.25, -0.2) is 4.90 Å². The molecule has 7 heteroatoms. The number of hydrogen-bond acceptors (Lipinski definition) is 5. The summed E-state index contributed by atoms with van der Waals surface area (Å²) in [4.78, 5) is 48.4. The van der Waals surface area contributed by atoms with Crippen LogP contribution in [0, 0.1) is 0 Å². The van der Waals surface area contributed by atoms with Crippen LogP contribution in [0.25, 0.3) is 0 Å². The Balaban J connectivity index is 1.75. The number of carbonyl (C=O) groups excluding carboxylic acids is 3. The number of imide groups is 1. The van der Waals surface area contributed by atoms with Crippen molar-refractivity contribution in [2.75, 3.05) is 10.2 Å². The Labute approximate surface area is 155 Å². The van der Waals surface area contributed by atoms with E-state index in [1.54, 1.807) is 42.5 Å². The summed E-state index contributed by atoms with van der Waals surface area (Å²) in [5.74, 6) is -1.81. The zero-order valence-electron chi connectivity index (χ0n) is 14.6. The van der Waals surface area contributed by atoms with Crippen molar-refractivity contribution >= 4 is 34.9 Å². The molecule has 138 valence electrons. The van der Waals surface area contributed by atoms with Crippen molar-refractivity contribution in [3.8, 4) is 0 Å². The van der Waals surface area contributed by atoms with Gasteiger partial charge in [0.15, 0.2) is 5.78 Å². The zero-order valence-corrected chi connectivity index (χ0v) is 14.6. The fourth-order valence-corrected chi connectivity index (χ4v) is 2.97. The predicted octanol–water partition coefficient (Wildman–Crippen LogP) is 2.26. The fraction of sp³-hybridized carbons (Fsp3) is 0.200. The van der Waals surface area contributed by atoms with E-state index in [2.05, 4.69) is 5.32 Å². The molecule has 2 N–H and O–H groups in total. The van der Waals surface area contributed by atoms with Crippen LogP contribution in [0.15, 0.2) is 48.5 Å². The molecule has 0 saturated carbocycles. The van der Waals surface area contributed by atoms with Crippen molar-refractivity contribution in [1.82, 2.24) is 0 Å². The summed E-state index contributed by atoms with van der Waals surface area (Å²) in [7, 11) is 0. The summed E-state index contributed by atoms with van der Waals surface area (Å²) in [6.07, 6.45) is -0.0819. The number of ketones is 1. The topological polar surface area (TPSA) is 104 Å². The number of rotatable bonds is 6. The van der Waals surface area contributed by atoms with Crippen LogP contribution in [0.5, 0.6) is 0 Å². The molecule has 2 aromatic rings. The SMILES string of the molecule is CC(=O)c1cccc(N2C(=O)C[C@H](Nc3ccc(CC(=O)O)cc3)C2=O)c1. The molecule has 0 spiro atoms. The second kappa shape index (κ2) is 7.41. The van der Waals surface area contributed by atoms with E-state index in [1.165, 1.54) is 13.0 Å². The van der Waals surface area contributed by atoms with Crippen molar-refractivity contribution in [2.45, 2.75) is 25.8 Å². The van der Waals surface area contributed by atoms with E-state index in [1.807, 2.05) is 0 Å². The average Bonchev–Trinajstić information content (AvgIpc) is 2.90. The number of benzene rings is 2. The molecule has 1 aliphatic rings. The van der Waals surface area contributed by atoms with Gasteiger partial charge in [-0.15, -0.1) is 0 Å². The molecular weight excluding hydrogens is 348 g/mol. The third-order valence-electron chi connectivity index (χ3n) is 4.31. The number of Topliss-reactive ketones (excluding diaryl/α,β-unsaturated/α-hetero) is 1. The van der Waals surface area contributed by atoms with Crippen molar-refractivity contribution in [3.63, 3.8) is 0 Å². The van der Waals surface area contributed by atoms with Crippen LogP contribution in [-0.2, 0) is 20.8 Å². The Morgan fingerprint density at radius 1 is 1.15 bits per heavy atom. The highest BCUT2D eigenvalue weighted by molar-refractivity contribution is 6.23. The van der Waals surface area contributed by atoms with E-state index in [-0.39, 0.29) is 24.5 Å². The van der Waals surface area contributed by atoms with Crippen LogP contribution in [0.3, 0.4) is 0 Å². The number of nitrogens with zero attached hydrogens (tertiary/aromatic N) is 1. The fourth-order valence-electron chi connectivity index (χ4n) is 2.97. The van der Waals surface area contributed by atoms with Gasteiger partial charge in [0.25, 0.3) is 5.91 Å². The number of carboxylic acid groups (broad SMARTS) is 1. The van der Waals surface area contributed by atoms with Crippen LogP contribution >= 0.6 is 0 Å². The third kappa shape index (κ3) is 4.03. The number of carboxylic acids is 1. The quantitative estimate of drug-likeness (QED) is 0.600. The lowest BCUT2D eigenvalue weighted by atomic mass is 10.1. The first-order chi connectivity index (χ1) is 12.8. The first-order valence-corrected chi connectivity index (χ1v) is 8.40. The summed E-state index contributed by atoms with van der Waals surface area (Å²) < 4.78 is 0. The van der Waals surface area contributed by atoms with Crippen LogP contribution < -0.4 is 10.2 Å². The monoisotopic (exact) mass is 366 g/mol. The van der Waals surface area contributed by atoms with Gasteiger partial charge in [-0.3, -0.25) is 19.2 Å². The molecule has 1 saturated heterocycles. The van der Waals surface area contributed by atoms with Gasteiger partial charge >= 0.3 is 5.97 Å². The molecule has 1 heterocycles. The lowest BCUT2D eigenvalue weighted by Crippen LogP contribution is -2.34. The molecule has 2 aromatic carbocycles. The Hall–Kier alpha value is -3.48. The summed E-state index contributed by atoms with van der Waals surface area (Å²) in [5.41, 5.74) is 2.07. The van der Waals surface area contributed by atoms with Gasteiger partial charge in [0, 0.05) is 11.3 Å². The van der Waals surface area contributed by atoms with Gasteiger partial charge in [-0.05, 0) is 36.8 Å². The van der Waals surface area contributed by atoms with E-state index in [9.17, 15) is 19.2 Å². The number of aliphatic carboxylic acids is 1. The number of nitrogens with one attached hydrogen (secondary N) is 1. The van der Waals surface area contributed by atoms with Gasteiger partial charge in [0.1, 0.15) is 6.04 Å². The van der Waals surface area contributed by atoms with Crippen LogP contribution in [-0.4, -0.2) is 34.7 Å². The van der Waals surface area contributed by atoms with Gasteiger partial charge in [-0.2, -0.15) is 0 Å². The molecule has 1 atom stereocenters. The first kappa shape index (κ1) is 18.3. The molecule has 1 aliphatic heterocycles. The summed E-state index contributed by atoms with van der Waals surface area (Å²) >= 11 is 0. The molecule has 2 amide bonds. The van der Waals surface area contributed by atoms with E-state index >= 15 is 0 Å². The van der Waals surface area contributed by atoms with Crippen LogP contribution in [0.2, 0.25) is 0 Å². The minimum Gasteiger partial charge on any atom is -0.481 e. The maximum Gasteiger partial charge on any atom is 0.307 e.